The Morgan fingerprint density at radius 3 is 2.65 bits per heavy atom. The first-order valence-corrected chi connectivity index (χ1v) is 10.9. The van der Waals surface area contributed by atoms with Crippen molar-refractivity contribution in [3.05, 3.63) is 65.4 Å². The van der Waals surface area contributed by atoms with E-state index in [1.54, 1.807) is 19.1 Å². The van der Waals surface area contributed by atoms with Gasteiger partial charge in [0.1, 0.15) is 12.4 Å². The van der Waals surface area contributed by atoms with Crippen LogP contribution in [0.1, 0.15) is 12.7 Å². The van der Waals surface area contributed by atoms with E-state index in [9.17, 15) is 9.59 Å². The first-order chi connectivity index (χ1) is 15.0. The van der Waals surface area contributed by atoms with Gasteiger partial charge in [-0.25, -0.2) is 4.79 Å². The van der Waals surface area contributed by atoms with Gasteiger partial charge in [0.05, 0.1) is 10.3 Å². The molecule has 1 aliphatic heterocycles. The molecule has 0 radical (unpaired) electrons. The molecule has 0 aliphatic carbocycles. The van der Waals surface area contributed by atoms with Crippen LogP contribution in [0.25, 0.3) is 5.69 Å². The number of nitrogens with zero attached hydrogens (tertiary/aromatic N) is 4. The monoisotopic (exact) mass is 457 g/mol. The number of carbonyl (C=O) groups excluding carboxylic acids is 2. The number of urea groups is 1. The van der Waals surface area contributed by atoms with Gasteiger partial charge in [-0.15, -0.1) is 10.2 Å². The Labute approximate surface area is 188 Å². The fraction of sp³-hybridized carbons (Fsp3) is 0.238. The van der Waals surface area contributed by atoms with Crippen LogP contribution in [0.4, 0.5) is 4.79 Å². The zero-order chi connectivity index (χ0) is 21.8. The molecule has 10 heteroatoms. The molecule has 31 heavy (non-hydrogen) atoms. The lowest BCUT2D eigenvalue weighted by Gasteiger charge is -2.17. The van der Waals surface area contributed by atoms with Crippen LogP contribution in [0.3, 0.4) is 0 Å². The Morgan fingerprint density at radius 1 is 1.19 bits per heavy atom. The molecule has 0 spiro atoms. The number of imide groups is 1. The van der Waals surface area contributed by atoms with Crippen LogP contribution in [-0.4, -0.2) is 49.9 Å². The maximum atomic E-state index is 12.7. The van der Waals surface area contributed by atoms with E-state index in [0.717, 1.165) is 5.69 Å². The SMILES string of the molecule is C[C@H](Sc1nnc(COc2ccccc2Cl)n1-c1ccccc1)C(=O)N1CCNC1=O. The molecule has 1 fully saturated rings. The summed E-state index contributed by atoms with van der Waals surface area (Å²) in [5.41, 5.74) is 0.839. The smallest absolute Gasteiger partial charge is 0.324 e. The Bertz CT molecular complexity index is 1090. The fourth-order valence-corrected chi connectivity index (χ4v) is 4.26. The molecule has 1 aromatic heterocycles. The van der Waals surface area contributed by atoms with Gasteiger partial charge in [-0.3, -0.25) is 14.3 Å². The number of hydrogen-bond donors (Lipinski definition) is 1. The van der Waals surface area contributed by atoms with Gasteiger partial charge in [0, 0.05) is 18.8 Å². The number of ether oxygens (including phenoxy) is 1. The third-order valence-electron chi connectivity index (χ3n) is 4.66. The number of halogens is 1. The van der Waals surface area contributed by atoms with Crippen LogP contribution in [-0.2, 0) is 11.4 Å². The second-order valence-corrected chi connectivity index (χ2v) is 8.49. The first kappa shape index (κ1) is 21.2. The second-order valence-electron chi connectivity index (χ2n) is 6.77. The summed E-state index contributed by atoms with van der Waals surface area (Å²) in [5, 5.41) is 11.7. The molecular formula is C21H20ClN5O3S. The van der Waals surface area contributed by atoms with Crippen molar-refractivity contribution in [3.63, 3.8) is 0 Å². The molecule has 0 saturated carbocycles. The number of carbonyl (C=O) groups is 2. The molecule has 1 N–H and O–H groups in total. The quantitative estimate of drug-likeness (QED) is 0.546. The molecule has 8 nitrogen and oxygen atoms in total. The van der Waals surface area contributed by atoms with E-state index in [1.807, 2.05) is 47.0 Å². The highest BCUT2D eigenvalue weighted by molar-refractivity contribution is 8.00. The lowest BCUT2D eigenvalue weighted by atomic mass is 10.3. The van der Waals surface area contributed by atoms with Gasteiger partial charge in [-0.2, -0.15) is 0 Å². The highest BCUT2D eigenvalue weighted by Gasteiger charge is 2.31. The molecule has 4 rings (SSSR count). The zero-order valence-electron chi connectivity index (χ0n) is 16.7. The van der Waals surface area contributed by atoms with Gasteiger partial charge in [0.25, 0.3) is 0 Å². The van der Waals surface area contributed by atoms with Gasteiger partial charge < -0.3 is 10.1 Å². The Hall–Kier alpha value is -3.04. The Kier molecular flexibility index (Phi) is 6.43. The van der Waals surface area contributed by atoms with Crippen molar-refractivity contribution < 1.29 is 14.3 Å². The van der Waals surface area contributed by atoms with Crippen molar-refractivity contribution in [3.8, 4) is 11.4 Å². The first-order valence-electron chi connectivity index (χ1n) is 9.67. The molecule has 1 saturated heterocycles. The highest BCUT2D eigenvalue weighted by atomic mass is 35.5. The third-order valence-corrected chi connectivity index (χ3v) is 6.00. The van der Waals surface area contributed by atoms with Gasteiger partial charge in [0.2, 0.25) is 5.91 Å². The van der Waals surface area contributed by atoms with Gasteiger partial charge in [-0.05, 0) is 31.2 Å². The predicted molar refractivity (Wildman–Crippen MR) is 118 cm³/mol. The number of thioether (sulfide) groups is 1. The van der Waals surface area contributed by atoms with Crippen LogP contribution in [0.15, 0.2) is 59.8 Å². The molecular weight excluding hydrogens is 438 g/mol. The van der Waals surface area contributed by atoms with E-state index in [0.29, 0.717) is 34.8 Å². The third kappa shape index (κ3) is 4.67. The van der Waals surface area contributed by atoms with Gasteiger partial charge in [0.15, 0.2) is 11.0 Å². The summed E-state index contributed by atoms with van der Waals surface area (Å²) in [5.74, 6) is 0.841. The normalized spacial score (nSPS) is 14.4. The summed E-state index contributed by atoms with van der Waals surface area (Å²) in [6.45, 7) is 2.72. The summed E-state index contributed by atoms with van der Waals surface area (Å²) in [4.78, 5) is 25.8. The second kappa shape index (κ2) is 9.40. The average molecular weight is 458 g/mol. The molecule has 3 amide bonds. The number of nitrogens with one attached hydrogen (secondary N) is 1. The number of hydrogen-bond acceptors (Lipinski definition) is 6. The van der Waals surface area contributed by atoms with E-state index < -0.39 is 5.25 Å². The Morgan fingerprint density at radius 2 is 1.94 bits per heavy atom. The minimum absolute atomic E-state index is 0.142. The molecule has 0 bridgehead atoms. The van der Waals surface area contributed by atoms with Crippen LogP contribution in [0.5, 0.6) is 5.75 Å². The number of amides is 3. The molecule has 3 aromatic rings. The van der Waals surface area contributed by atoms with Crippen LogP contribution < -0.4 is 10.1 Å². The molecule has 1 atom stereocenters. The van der Waals surface area contributed by atoms with Crippen LogP contribution in [0.2, 0.25) is 5.02 Å². The van der Waals surface area contributed by atoms with Crippen molar-refractivity contribution in [1.82, 2.24) is 25.0 Å². The summed E-state index contributed by atoms with van der Waals surface area (Å²) >= 11 is 7.43. The minimum Gasteiger partial charge on any atom is -0.484 e. The van der Waals surface area contributed by atoms with Crippen molar-refractivity contribution in [2.24, 2.45) is 0 Å². The fourth-order valence-electron chi connectivity index (χ4n) is 3.12. The van der Waals surface area contributed by atoms with Crippen molar-refractivity contribution in [2.45, 2.75) is 23.9 Å². The lowest BCUT2D eigenvalue weighted by Crippen LogP contribution is -2.39. The van der Waals surface area contributed by atoms with Gasteiger partial charge in [-0.1, -0.05) is 53.7 Å². The summed E-state index contributed by atoms with van der Waals surface area (Å²) in [6, 6.07) is 16.4. The summed E-state index contributed by atoms with van der Waals surface area (Å²) in [6.07, 6.45) is 0. The highest BCUT2D eigenvalue weighted by Crippen LogP contribution is 2.29. The van der Waals surface area contributed by atoms with Gasteiger partial charge >= 0.3 is 6.03 Å². The average Bonchev–Trinajstić information content (AvgIpc) is 3.39. The number of para-hydroxylation sites is 2. The van der Waals surface area contributed by atoms with E-state index >= 15 is 0 Å². The summed E-state index contributed by atoms with van der Waals surface area (Å²) < 4.78 is 7.70. The minimum atomic E-state index is -0.521. The number of aromatic nitrogens is 3. The molecule has 1 aliphatic rings. The topological polar surface area (TPSA) is 89.3 Å². The van der Waals surface area contributed by atoms with Crippen molar-refractivity contribution in [2.75, 3.05) is 13.1 Å². The summed E-state index contributed by atoms with van der Waals surface area (Å²) in [7, 11) is 0. The zero-order valence-corrected chi connectivity index (χ0v) is 18.3. The van der Waals surface area contributed by atoms with E-state index in [1.165, 1.54) is 16.7 Å². The van der Waals surface area contributed by atoms with E-state index in [4.69, 9.17) is 16.3 Å². The molecule has 160 valence electrons. The van der Waals surface area contributed by atoms with Crippen LogP contribution >= 0.6 is 23.4 Å². The number of rotatable bonds is 7. The Balaban J connectivity index is 1.58. The van der Waals surface area contributed by atoms with E-state index in [2.05, 4.69) is 15.5 Å². The molecule has 2 heterocycles. The molecule has 0 unspecified atom stereocenters. The maximum Gasteiger partial charge on any atom is 0.324 e. The van der Waals surface area contributed by atoms with Crippen LogP contribution in [0, 0.1) is 0 Å². The molecule has 2 aromatic carbocycles. The predicted octanol–water partition coefficient (Wildman–Crippen LogP) is 3.53. The maximum absolute atomic E-state index is 12.7. The lowest BCUT2D eigenvalue weighted by molar-refractivity contribution is -0.126. The standard InChI is InChI=1S/C21H20ClN5O3S/c1-14(19(28)26-12-11-23-20(26)29)31-21-25-24-18(27(21)15-7-3-2-4-8-15)13-30-17-10-6-5-9-16(17)22/h2-10,14H,11-13H2,1H3,(H,23,29)/t14-/m0/s1. The number of benzene rings is 2. The van der Waals surface area contributed by atoms with E-state index in [-0.39, 0.29) is 18.5 Å². The van der Waals surface area contributed by atoms with Crippen molar-refractivity contribution in [1.29, 1.82) is 0 Å². The largest absolute Gasteiger partial charge is 0.484 e. The van der Waals surface area contributed by atoms with Crippen molar-refractivity contribution >= 4 is 35.3 Å².